The van der Waals surface area contributed by atoms with E-state index in [9.17, 15) is 9.59 Å². The highest BCUT2D eigenvalue weighted by Gasteiger charge is 2.22. The van der Waals surface area contributed by atoms with Gasteiger partial charge in [0.2, 0.25) is 5.91 Å². The number of hydrogen-bond acceptors (Lipinski definition) is 6. The number of furan rings is 1. The van der Waals surface area contributed by atoms with Gasteiger partial charge in [0, 0.05) is 13.1 Å². The molecule has 0 aliphatic carbocycles. The number of hydrogen-bond donors (Lipinski definition) is 2. The van der Waals surface area contributed by atoms with Crippen molar-refractivity contribution in [3.05, 3.63) is 24.2 Å². The minimum absolute atomic E-state index is 0.0799. The van der Waals surface area contributed by atoms with E-state index in [0.29, 0.717) is 19.7 Å². The third-order valence-electron chi connectivity index (χ3n) is 2.79. The molecule has 0 aromatic carbocycles. The lowest BCUT2D eigenvalue weighted by molar-refractivity contribution is -0.124. The zero-order chi connectivity index (χ0) is 13.7. The molecule has 0 radical (unpaired) electrons. The zero-order valence-electron chi connectivity index (χ0n) is 10.4. The van der Waals surface area contributed by atoms with Crippen molar-refractivity contribution in [3.8, 4) is 0 Å². The van der Waals surface area contributed by atoms with Crippen LogP contribution in [0.5, 0.6) is 0 Å². The summed E-state index contributed by atoms with van der Waals surface area (Å²) < 4.78 is 10.2. The first kappa shape index (κ1) is 13.7. The molecule has 7 heteroatoms. The molecular weight excluding hydrogens is 252 g/mol. The molecule has 1 unspecified atom stereocenters. The zero-order valence-corrected chi connectivity index (χ0v) is 10.4. The van der Waals surface area contributed by atoms with E-state index in [2.05, 4.69) is 5.32 Å². The largest absolute Gasteiger partial charge is 0.459 e. The summed E-state index contributed by atoms with van der Waals surface area (Å²) in [5.74, 6) is -0.856. The number of nitrogens with one attached hydrogen (secondary N) is 1. The molecule has 1 aromatic heterocycles. The Morgan fingerprint density at radius 2 is 2.37 bits per heavy atom. The highest BCUT2D eigenvalue weighted by Crippen LogP contribution is 2.04. The number of imide groups is 1. The van der Waals surface area contributed by atoms with Crippen molar-refractivity contribution in [2.24, 2.45) is 0 Å². The molecule has 0 saturated carbocycles. The Balaban J connectivity index is 1.79. The maximum Gasteiger partial charge on any atom is 0.293 e. The van der Waals surface area contributed by atoms with Gasteiger partial charge in [-0.3, -0.25) is 19.8 Å². The summed E-state index contributed by atoms with van der Waals surface area (Å²) >= 11 is 0. The fraction of sp³-hybridized carbons (Fsp3) is 0.500. The second kappa shape index (κ2) is 6.46. The monoisotopic (exact) mass is 268 g/mol. The first-order valence-electron chi connectivity index (χ1n) is 6.01. The van der Waals surface area contributed by atoms with E-state index in [1.54, 1.807) is 6.07 Å². The van der Waals surface area contributed by atoms with Crippen LogP contribution in [0.25, 0.3) is 0 Å². The third-order valence-corrected chi connectivity index (χ3v) is 2.79. The van der Waals surface area contributed by atoms with Gasteiger partial charge in [-0.25, -0.2) is 0 Å². The molecule has 0 bridgehead atoms. The Hall–Kier alpha value is -1.70. The third kappa shape index (κ3) is 3.88. The second-order valence-electron chi connectivity index (χ2n) is 4.27. The van der Waals surface area contributed by atoms with Gasteiger partial charge in [-0.2, -0.15) is 0 Å². The smallest absolute Gasteiger partial charge is 0.293 e. The van der Waals surface area contributed by atoms with Crippen LogP contribution in [0.1, 0.15) is 10.6 Å². The lowest BCUT2D eigenvalue weighted by atomic mass is 10.3. The van der Waals surface area contributed by atoms with E-state index in [1.807, 2.05) is 4.90 Å². The summed E-state index contributed by atoms with van der Waals surface area (Å²) in [7, 11) is 0. The Morgan fingerprint density at radius 1 is 1.53 bits per heavy atom. The molecular formula is C12H16N2O5. The van der Waals surface area contributed by atoms with Crippen molar-refractivity contribution in [2.45, 2.75) is 6.10 Å². The number of amides is 2. The molecule has 19 heavy (non-hydrogen) atoms. The van der Waals surface area contributed by atoms with Crippen molar-refractivity contribution in [1.29, 1.82) is 0 Å². The molecule has 2 amide bonds. The molecule has 104 valence electrons. The quantitative estimate of drug-likeness (QED) is 0.745. The van der Waals surface area contributed by atoms with Crippen LogP contribution in [0.15, 0.2) is 22.8 Å². The fourth-order valence-electron chi connectivity index (χ4n) is 1.87. The van der Waals surface area contributed by atoms with Crippen LogP contribution in [0.3, 0.4) is 0 Å². The van der Waals surface area contributed by atoms with Crippen LogP contribution in [-0.4, -0.2) is 60.8 Å². The predicted molar refractivity (Wildman–Crippen MR) is 64.4 cm³/mol. The number of rotatable bonds is 4. The van der Waals surface area contributed by atoms with Gasteiger partial charge in [-0.1, -0.05) is 0 Å². The summed E-state index contributed by atoms with van der Waals surface area (Å²) in [6.07, 6.45) is 1.09. The maximum atomic E-state index is 11.7. The number of morpholine rings is 1. The highest BCUT2D eigenvalue weighted by molar-refractivity contribution is 6.03. The van der Waals surface area contributed by atoms with Crippen LogP contribution >= 0.6 is 0 Å². The van der Waals surface area contributed by atoms with Crippen LogP contribution in [0, 0.1) is 0 Å². The summed E-state index contributed by atoms with van der Waals surface area (Å²) in [6, 6.07) is 3.06. The summed E-state index contributed by atoms with van der Waals surface area (Å²) in [5.41, 5.74) is 0. The van der Waals surface area contributed by atoms with Crippen molar-refractivity contribution in [3.63, 3.8) is 0 Å². The molecule has 0 spiro atoms. The van der Waals surface area contributed by atoms with E-state index in [0.717, 1.165) is 0 Å². The normalized spacial score (nSPS) is 20.2. The number of carbonyl (C=O) groups is 2. The second-order valence-corrected chi connectivity index (χ2v) is 4.27. The molecule has 2 N–H and O–H groups in total. The highest BCUT2D eigenvalue weighted by atomic mass is 16.5. The van der Waals surface area contributed by atoms with Crippen LogP contribution in [0.4, 0.5) is 0 Å². The van der Waals surface area contributed by atoms with E-state index in [-0.39, 0.29) is 25.0 Å². The number of aliphatic hydroxyl groups is 1. The van der Waals surface area contributed by atoms with Gasteiger partial charge >= 0.3 is 0 Å². The Bertz CT molecular complexity index is 431. The summed E-state index contributed by atoms with van der Waals surface area (Å²) in [4.78, 5) is 25.1. The number of aliphatic hydroxyl groups excluding tert-OH is 1. The van der Waals surface area contributed by atoms with E-state index < -0.39 is 11.8 Å². The molecule has 1 aliphatic rings. The molecule has 1 saturated heterocycles. The number of carbonyl (C=O) groups excluding carboxylic acids is 2. The van der Waals surface area contributed by atoms with Crippen LogP contribution in [-0.2, 0) is 9.53 Å². The lowest BCUT2D eigenvalue weighted by Gasteiger charge is -2.31. The fourth-order valence-corrected chi connectivity index (χ4v) is 1.87. The van der Waals surface area contributed by atoms with Crippen LogP contribution < -0.4 is 5.32 Å². The van der Waals surface area contributed by atoms with Crippen LogP contribution in [0.2, 0.25) is 0 Å². The average molecular weight is 268 g/mol. The molecule has 1 aliphatic heterocycles. The first-order chi connectivity index (χ1) is 9.19. The molecule has 2 heterocycles. The number of nitrogens with zero attached hydrogens (tertiary/aromatic N) is 1. The Kier molecular flexibility index (Phi) is 4.67. The van der Waals surface area contributed by atoms with Crippen molar-refractivity contribution < 1.29 is 23.8 Å². The minimum Gasteiger partial charge on any atom is -0.459 e. The summed E-state index contributed by atoms with van der Waals surface area (Å²) in [5, 5.41) is 11.2. The Labute approximate surface area is 110 Å². The van der Waals surface area contributed by atoms with Gasteiger partial charge in [0.25, 0.3) is 5.91 Å². The Morgan fingerprint density at radius 3 is 3.05 bits per heavy atom. The molecule has 2 rings (SSSR count). The van der Waals surface area contributed by atoms with E-state index in [4.69, 9.17) is 14.3 Å². The van der Waals surface area contributed by atoms with Gasteiger partial charge in [0.1, 0.15) is 0 Å². The van der Waals surface area contributed by atoms with Gasteiger partial charge in [0.15, 0.2) is 5.76 Å². The first-order valence-corrected chi connectivity index (χ1v) is 6.01. The van der Waals surface area contributed by atoms with Crippen molar-refractivity contribution >= 4 is 11.8 Å². The number of ether oxygens (including phenoxy) is 1. The summed E-state index contributed by atoms with van der Waals surface area (Å²) in [6.45, 7) is 1.54. The van der Waals surface area contributed by atoms with Gasteiger partial charge in [-0.15, -0.1) is 0 Å². The molecule has 1 fully saturated rings. The maximum absolute atomic E-state index is 11.7. The lowest BCUT2D eigenvalue weighted by Crippen LogP contribution is -2.48. The van der Waals surface area contributed by atoms with E-state index >= 15 is 0 Å². The molecule has 1 atom stereocenters. The predicted octanol–water partition coefficient (Wildman–Crippen LogP) is -0.771. The topological polar surface area (TPSA) is 92.0 Å². The van der Waals surface area contributed by atoms with Gasteiger partial charge in [-0.05, 0) is 12.1 Å². The molecule has 1 aromatic rings. The minimum atomic E-state index is -0.554. The SMILES string of the molecule is O=C(CN1CCOC(CO)C1)NC(=O)c1ccco1. The van der Waals surface area contributed by atoms with Gasteiger partial charge < -0.3 is 14.3 Å². The average Bonchev–Trinajstić information content (AvgIpc) is 2.92. The molecule has 7 nitrogen and oxygen atoms in total. The standard InChI is InChI=1S/C12H16N2O5/c15-8-9-6-14(3-5-18-9)7-11(16)13-12(17)10-2-1-4-19-10/h1-2,4,9,15H,3,5-8H2,(H,13,16,17). The van der Waals surface area contributed by atoms with Crippen molar-refractivity contribution in [2.75, 3.05) is 32.8 Å². The van der Waals surface area contributed by atoms with Crippen molar-refractivity contribution in [1.82, 2.24) is 10.2 Å². The van der Waals surface area contributed by atoms with Gasteiger partial charge in [0.05, 0.1) is 32.1 Å². The van der Waals surface area contributed by atoms with E-state index in [1.165, 1.54) is 12.3 Å².